The second-order valence-electron chi connectivity index (χ2n) is 6.39. The zero-order valence-electron chi connectivity index (χ0n) is 14.2. The molecular weight excluding hydrogens is 326 g/mol. The van der Waals surface area contributed by atoms with Gasteiger partial charge in [0.25, 0.3) is 0 Å². The number of carboxylic acid groups (broad SMARTS) is 1. The minimum atomic E-state index is -0.933. The summed E-state index contributed by atoms with van der Waals surface area (Å²) in [4.78, 5) is 20.7. The van der Waals surface area contributed by atoms with Gasteiger partial charge in [0, 0.05) is 11.1 Å². The van der Waals surface area contributed by atoms with Gasteiger partial charge >= 0.3 is 5.97 Å². The average Bonchev–Trinajstić information content (AvgIpc) is 2.86. The first-order valence-electron chi connectivity index (χ1n) is 8.70. The van der Waals surface area contributed by atoms with Gasteiger partial charge < -0.3 is 10.4 Å². The molecule has 0 fully saturated rings. The summed E-state index contributed by atoms with van der Waals surface area (Å²) < 4.78 is 0. The van der Waals surface area contributed by atoms with E-state index >= 15 is 0 Å². The largest absolute Gasteiger partial charge is 0.479 e. The Kier molecular flexibility index (Phi) is 4.35. The lowest BCUT2D eigenvalue weighted by Crippen LogP contribution is -2.22. The highest BCUT2D eigenvalue weighted by molar-refractivity contribution is 5.80. The van der Waals surface area contributed by atoms with Crippen LogP contribution in [0.25, 0.3) is 11.3 Å². The predicted molar refractivity (Wildman–Crippen MR) is 99.9 cm³/mol. The van der Waals surface area contributed by atoms with Gasteiger partial charge in [-0.25, -0.2) is 14.8 Å². The zero-order chi connectivity index (χ0) is 17.9. The third kappa shape index (κ3) is 3.04. The highest BCUT2D eigenvalue weighted by atomic mass is 16.4. The number of aryl methyl sites for hydroxylation is 1. The molecule has 0 spiro atoms. The maximum Gasteiger partial charge on any atom is 0.330 e. The van der Waals surface area contributed by atoms with Crippen LogP contribution in [0.4, 0.5) is 5.82 Å². The van der Waals surface area contributed by atoms with Gasteiger partial charge in [-0.2, -0.15) is 0 Å². The van der Waals surface area contributed by atoms with E-state index in [0.717, 1.165) is 36.1 Å². The first-order chi connectivity index (χ1) is 12.7. The molecule has 0 unspecified atom stereocenters. The third-order valence-corrected chi connectivity index (χ3v) is 4.75. The number of aliphatic carboxylic acids is 1. The summed E-state index contributed by atoms with van der Waals surface area (Å²) in [5, 5.41) is 12.8. The highest BCUT2D eigenvalue weighted by Crippen LogP contribution is 2.34. The van der Waals surface area contributed by atoms with Gasteiger partial charge in [0.1, 0.15) is 12.1 Å². The smallest absolute Gasteiger partial charge is 0.330 e. The third-order valence-electron chi connectivity index (χ3n) is 4.75. The van der Waals surface area contributed by atoms with Crippen LogP contribution >= 0.6 is 0 Å². The predicted octanol–water partition coefficient (Wildman–Crippen LogP) is 3.87. The van der Waals surface area contributed by atoms with Gasteiger partial charge in [-0.3, -0.25) is 0 Å². The van der Waals surface area contributed by atoms with Gasteiger partial charge in [-0.05, 0) is 30.4 Å². The van der Waals surface area contributed by atoms with Crippen LogP contribution in [0.15, 0.2) is 60.9 Å². The molecule has 1 atom stereocenters. The van der Waals surface area contributed by atoms with Crippen molar-refractivity contribution in [2.75, 3.05) is 5.32 Å². The van der Waals surface area contributed by atoms with Crippen molar-refractivity contribution in [1.82, 2.24) is 9.97 Å². The normalized spacial score (nSPS) is 13.8. The topological polar surface area (TPSA) is 75.1 Å². The summed E-state index contributed by atoms with van der Waals surface area (Å²) in [5.41, 5.74) is 4.96. The molecule has 0 aliphatic heterocycles. The fraction of sp³-hybridized carbons (Fsp3) is 0.190. The van der Waals surface area contributed by atoms with E-state index in [1.165, 1.54) is 11.9 Å². The lowest BCUT2D eigenvalue weighted by atomic mass is 10.0. The maximum atomic E-state index is 11.8. The molecule has 5 heteroatoms. The summed E-state index contributed by atoms with van der Waals surface area (Å²) in [5.74, 6) is -0.333. The molecule has 2 N–H and O–H groups in total. The molecule has 0 bridgehead atoms. The number of carboxylic acids is 1. The molecule has 0 saturated heterocycles. The second-order valence-corrected chi connectivity index (χ2v) is 6.39. The number of rotatable bonds is 4. The van der Waals surface area contributed by atoms with Gasteiger partial charge in [-0.1, -0.05) is 54.6 Å². The van der Waals surface area contributed by atoms with Crippen LogP contribution in [0, 0.1) is 0 Å². The molecule has 0 amide bonds. The van der Waals surface area contributed by atoms with Crippen molar-refractivity contribution in [3.8, 4) is 11.3 Å². The van der Waals surface area contributed by atoms with Crippen LogP contribution in [0.3, 0.4) is 0 Å². The average molecular weight is 345 g/mol. The Labute approximate surface area is 151 Å². The van der Waals surface area contributed by atoms with E-state index in [9.17, 15) is 9.90 Å². The van der Waals surface area contributed by atoms with Crippen LogP contribution in [-0.2, 0) is 17.6 Å². The van der Waals surface area contributed by atoms with E-state index in [1.807, 2.05) is 30.3 Å². The van der Waals surface area contributed by atoms with Gasteiger partial charge in [0.2, 0.25) is 0 Å². The lowest BCUT2D eigenvalue weighted by molar-refractivity contribution is -0.138. The minimum Gasteiger partial charge on any atom is -0.479 e. The number of aromatic nitrogens is 2. The molecule has 130 valence electrons. The van der Waals surface area contributed by atoms with E-state index in [2.05, 4.69) is 27.4 Å². The number of hydrogen-bond donors (Lipinski definition) is 2. The van der Waals surface area contributed by atoms with Crippen molar-refractivity contribution in [1.29, 1.82) is 0 Å². The number of hydrogen-bond acceptors (Lipinski definition) is 4. The molecule has 1 aliphatic rings. The van der Waals surface area contributed by atoms with Crippen molar-refractivity contribution < 1.29 is 9.90 Å². The van der Waals surface area contributed by atoms with E-state index < -0.39 is 12.0 Å². The Balaban J connectivity index is 1.76. The number of benzene rings is 2. The Bertz CT molecular complexity index is 941. The van der Waals surface area contributed by atoms with Crippen LogP contribution in [0.1, 0.15) is 29.2 Å². The second kappa shape index (κ2) is 6.96. The Hall–Kier alpha value is -3.21. The number of nitrogens with one attached hydrogen (secondary N) is 1. The molecule has 1 heterocycles. The first-order valence-corrected chi connectivity index (χ1v) is 8.70. The van der Waals surface area contributed by atoms with Crippen molar-refractivity contribution >= 4 is 11.8 Å². The summed E-state index contributed by atoms with van der Waals surface area (Å²) in [6, 6.07) is 16.6. The number of fused-ring (bicyclic) bond motifs is 3. The summed E-state index contributed by atoms with van der Waals surface area (Å²) in [7, 11) is 0. The van der Waals surface area contributed by atoms with Gasteiger partial charge in [-0.15, -0.1) is 0 Å². The highest BCUT2D eigenvalue weighted by Gasteiger charge is 2.24. The molecule has 4 rings (SSSR count). The SMILES string of the molecule is O=C(O)[C@@H](Nc1ncnc2c1CCCc1ccccc1-2)c1ccccc1. The minimum absolute atomic E-state index is 0.600. The van der Waals surface area contributed by atoms with Crippen LogP contribution < -0.4 is 5.32 Å². The fourth-order valence-electron chi connectivity index (χ4n) is 3.50. The molecule has 2 aromatic carbocycles. The van der Waals surface area contributed by atoms with E-state index in [4.69, 9.17) is 0 Å². The van der Waals surface area contributed by atoms with Crippen LogP contribution in [-0.4, -0.2) is 21.0 Å². The fourth-order valence-corrected chi connectivity index (χ4v) is 3.50. The summed E-state index contributed by atoms with van der Waals surface area (Å²) in [6.07, 6.45) is 4.28. The molecule has 5 nitrogen and oxygen atoms in total. The van der Waals surface area contributed by atoms with Gasteiger partial charge in [0.15, 0.2) is 6.04 Å². The van der Waals surface area contributed by atoms with E-state index in [0.29, 0.717) is 11.4 Å². The summed E-state index contributed by atoms with van der Waals surface area (Å²) >= 11 is 0. The Morgan fingerprint density at radius 3 is 2.58 bits per heavy atom. The quantitative estimate of drug-likeness (QED) is 0.751. The van der Waals surface area contributed by atoms with Crippen molar-refractivity contribution in [2.24, 2.45) is 0 Å². The number of carbonyl (C=O) groups is 1. The Morgan fingerprint density at radius 1 is 1.00 bits per heavy atom. The van der Waals surface area contributed by atoms with Crippen molar-refractivity contribution in [2.45, 2.75) is 25.3 Å². The lowest BCUT2D eigenvalue weighted by Gasteiger charge is -2.19. The van der Waals surface area contributed by atoms with E-state index in [1.54, 1.807) is 12.1 Å². The van der Waals surface area contributed by atoms with Crippen molar-refractivity contribution in [3.63, 3.8) is 0 Å². The molecule has 26 heavy (non-hydrogen) atoms. The number of anilines is 1. The molecule has 0 radical (unpaired) electrons. The molecule has 0 saturated carbocycles. The monoisotopic (exact) mass is 345 g/mol. The van der Waals surface area contributed by atoms with Crippen LogP contribution in [0.2, 0.25) is 0 Å². The molecule has 1 aromatic heterocycles. The Morgan fingerprint density at radius 2 is 1.77 bits per heavy atom. The molecule has 1 aliphatic carbocycles. The molecule has 3 aromatic rings. The standard InChI is InChI=1S/C21H19N3O2/c25-21(26)18(15-8-2-1-3-9-15)24-20-17-12-6-10-14-7-4-5-11-16(14)19(17)22-13-23-20/h1-5,7-9,11,13,18H,6,10,12H2,(H,25,26)(H,22,23,24)/t18-/m0/s1. The van der Waals surface area contributed by atoms with Gasteiger partial charge in [0.05, 0.1) is 5.69 Å². The zero-order valence-corrected chi connectivity index (χ0v) is 14.2. The van der Waals surface area contributed by atoms with E-state index in [-0.39, 0.29) is 0 Å². The summed E-state index contributed by atoms with van der Waals surface area (Å²) in [6.45, 7) is 0. The maximum absolute atomic E-state index is 11.8. The van der Waals surface area contributed by atoms with Crippen molar-refractivity contribution in [3.05, 3.63) is 77.6 Å². The van der Waals surface area contributed by atoms with Crippen LogP contribution in [0.5, 0.6) is 0 Å². The first kappa shape index (κ1) is 16.3. The molecular formula is C21H19N3O2. The number of nitrogens with zero attached hydrogens (tertiary/aromatic N) is 2.